The van der Waals surface area contributed by atoms with Gasteiger partial charge in [0.05, 0.1) is 29.0 Å². The fourth-order valence-corrected chi connectivity index (χ4v) is 10.7. The maximum Gasteiger partial charge on any atom is 0.412 e. The molecule has 0 spiro atoms. The van der Waals surface area contributed by atoms with Crippen molar-refractivity contribution >= 4 is 48.8 Å². The molecule has 13 nitrogen and oxygen atoms in total. The number of nitrogens with zero attached hydrogens (tertiary/aromatic N) is 2. The lowest BCUT2D eigenvalue weighted by atomic mass is 9.85. The van der Waals surface area contributed by atoms with Crippen molar-refractivity contribution in [3.8, 4) is 11.4 Å². The van der Waals surface area contributed by atoms with Crippen LogP contribution in [0.4, 0.5) is 15.3 Å². The van der Waals surface area contributed by atoms with Gasteiger partial charge in [0.2, 0.25) is 5.60 Å². The van der Waals surface area contributed by atoms with Crippen molar-refractivity contribution in [2.75, 3.05) is 11.9 Å². The first kappa shape index (κ1) is 39.5. The maximum absolute atomic E-state index is 14.8. The largest absolute Gasteiger partial charge is 0.458 e. The van der Waals surface area contributed by atoms with Gasteiger partial charge in [0.1, 0.15) is 31.5 Å². The molecule has 2 aromatic heterocycles. The molecule has 4 heterocycles. The second-order valence-electron chi connectivity index (χ2n) is 16.9. The van der Waals surface area contributed by atoms with E-state index in [-0.39, 0.29) is 35.5 Å². The van der Waals surface area contributed by atoms with Gasteiger partial charge in [-0.15, -0.1) is 0 Å². The zero-order valence-electron chi connectivity index (χ0n) is 32.8. The number of carbonyl (C=O) groups excluding carboxylic acids is 4. The van der Waals surface area contributed by atoms with Crippen LogP contribution >= 0.6 is 0 Å². The summed E-state index contributed by atoms with van der Waals surface area (Å²) >= 11 is 0. The number of ether oxygens (including phenoxy) is 4. The minimum Gasteiger partial charge on any atom is -0.458 e. The number of alkyl carbamates (subject to hydrolysis) is 1. The number of hydrogen-bond donors (Lipinski definition) is 2. The Morgan fingerprint density at radius 3 is 2.25 bits per heavy atom. The van der Waals surface area contributed by atoms with E-state index in [1.807, 2.05) is 6.07 Å². The van der Waals surface area contributed by atoms with Crippen molar-refractivity contribution in [2.45, 2.75) is 123 Å². The molecule has 5 rings (SSSR count). The first-order valence-electron chi connectivity index (χ1n) is 18.1. The van der Waals surface area contributed by atoms with E-state index in [0.717, 1.165) is 10.9 Å². The lowest BCUT2D eigenvalue weighted by Crippen LogP contribution is -2.55. The van der Waals surface area contributed by atoms with Crippen LogP contribution in [0, 0.1) is 5.92 Å². The van der Waals surface area contributed by atoms with Crippen molar-refractivity contribution < 1.29 is 38.1 Å². The fraction of sp³-hybridized carbons (Fsp3) is 0.538. The lowest BCUT2D eigenvalue weighted by molar-refractivity contribution is -0.190. The Labute approximate surface area is 311 Å². The molecule has 0 bridgehead atoms. The van der Waals surface area contributed by atoms with Gasteiger partial charge >= 0.3 is 24.1 Å². The summed E-state index contributed by atoms with van der Waals surface area (Å²) in [6.07, 6.45) is -1.43. The quantitative estimate of drug-likeness (QED) is 0.106. The van der Waals surface area contributed by atoms with Gasteiger partial charge in [0.15, 0.2) is 0 Å². The molecule has 0 radical (unpaired) electrons. The molecule has 2 aliphatic rings. The van der Waals surface area contributed by atoms with Gasteiger partial charge < -0.3 is 28.8 Å². The van der Waals surface area contributed by atoms with Gasteiger partial charge in [-0.05, 0) is 89.8 Å². The topological polar surface area (TPSA) is 164 Å². The Hall–Kier alpha value is -4.72. The third kappa shape index (κ3) is 7.83. The second-order valence-corrected chi connectivity index (χ2v) is 22.0. The summed E-state index contributed by atoms with van der Waals surface area (Å²) < 4.78 is 24.5. The van der Waals surface area contributed by atoms with E-state index >= 15 is 0 Å². The Balaban J connectivity index is 1.61. The fourth-order valence-electron chi connectivity index (χ4n) is 7.02. The number of hydrogen-bond acceptors (Lipinski definition) is 10. The zero-order valence-corrected chi connectivity index (χ0v) is 33.8. The molecule has 286 valence electrons. The highest BCUT2D eigenvalue weighted by Gasteiger charge is 2.57. The molecule has 3 unspecified atom stereocenters. The van der Waals surface area contributed by atoms with Crippen LogP contribution in [0.2, 0.25) is 18.6 Å². The van der Waals surface area contributed by atoms with Gasteiger partial charge in [-0.25, -0.2) is 19.4 Å². The van der Waals surface area contributed by atoms with E-state index in [4.69, 9.17) is 23.9 Å². The standard InChI is InChI=1S/C39H52N4O9Si/c1-13-39(50-29(44)19-40-35(47)51-37(5,6)7)26-18-28-31-24(16-23-17-25(14-15-27(23)42-31)41-36(48)52-38(8,9)10)20-43(28)32(45)30(26)33(49-34(39)46)53(11,12)22(4)21(2)3/h14-18,21-22,33H,13,19-20H2,1-12H3,(H,40,47)(H,41,48). The molecule has 0 aliphatic carbocycles. The van der Waals surface area contributed by atoms with E-state index in [1.54, 1.807) is 77.3 Å². The number of fused-ring (bicyclic) bond motifs is 5. The number of benzene rings is 1. The van der Waals surface area contributed by atoms with Crippen LogP contribution in [-0.2, 0) is 40.7 Å². The van der Waals surface area contributed by atoms with Crippen LogP contribution in [0.25, 0.3) is 22.3 Å². The number of pyridine rings is 2. The van der Waals surface area contributed by atoms with E-state index < -0.39 is 61.3 Å². The first-order valence-corrected chi connectivity index (χ1v) is 21.2. The Morgan fingerprint density at radius 1 is 1.00 bits per heavy atom. The van der Waals surface area contributed by atoms with Crippen LogP contribution < -0.4 is 16.2 Å². The first-order chi connectivity index (χ1) is 24.5. The van der Waals surface area contributed by atoms with E-state index in [0.29, 0.717) is 28.2 Å². The molecule has 0 saturated carbocycles. The molecule has 1 aromatic carbocycles. The summed E-state index contributed by atoms with van der Waals surface area (Å²) in [6.45, 7) is 22.3. The molecule has 2 aliphatic heterocycles. The Morgan fingerprint density at radius 2 is 1.64 bits per heavy atom. The number of cyclic esters (lactones) is 1. The highest BCUT2D eigenvalue weighted by atomic mass is 28.3. The third-order valence-corrected chi connectivity index (χ3v) is 14.9. The molecular weight excluding hydrogens is 697 g/mol. The molecule has 2 amide bonds. The molecule has 53 heavy (non-hydrogen) atoms. The minimum absolute atomic E-state index is 0.0280. The lowest BCUT2D eigenvalue weighted by Gasteiger charge is -2.45. The van der Waals surface area contributed by atoms with E-state index in [2.05, 4.69) is 44.5 Å². The number of anilines is 1. The summed E-state index contributed by atoms with van der Waals surface area (Å²) in [6, 6.07) is 8.95. The monoisotopic (exact) mass is 748 g/mol. The number of nitrogens with one attached hydrogen (secondary N) is 2. The van der Waals surface area contributed by atoms with Crippen LogP contribution in [-0.4, -0.2) is 59.5 Å². The number of aromatic nitrogens is 2. The average molecular weight is 749 g/mol. The molecule has 3 atom stereocenters. The van der Waals surface area contributed by atoms with E-state index in [1.165, 1.54) is 0 Å². The predicted molar refractivity (Wildman–Crippen MR) is 203 cm³/mol. The van der Waals surface area contributed by atoms with Gasteiger partial charge in [-0.2, -0.15) is 0 Å². The van der Waals surface area contributed by atoms with Crippen molar-refractivity contribution in [2.24, 2.45) is 5.92 Å². The molecule has 2 N–H and O–H groups in total. The maximum atomic E-state index is 14.8. The SMILES string of the molecule is CCC1(OC(=O)CNC(=O)OC(C)(C)C)C(=O)OC([Si](C)(C)C(C)C(C)C)c2c1cc1n(c2=O)Cc2cc3cc(NC(=O)OC(C)(C)C)ccc3nc2-1. The number of rotatable bonds is 8. The smallest absolute Gasteiger partial charge is 0.412 e. The number of carbonyl (C=O) groups is 4. The van der Waals surface area contributed by atoms with Gasteiger partial charge in [-0.1, -0.05) is 40.8 Å². The number of amides is 2. The van der Waals surface area contributed by atoms with Crippen molar-refractivity contribution in [1.82, 2.24) is 14.9 Å². The van der Waals surface area contributed by atoms with E-state index in [9.17, 15) is 24.0 Å². The van der Waals surface area contributed by atoms with Gasteiger partial charge in [0, 0.05) is 22.2 Å². The minimum atomic E-state index is -2.58. The van der Waals surface area contributed by atoms with Gasteiger partial charge in [-0.3, -0.25) is 14.9 Å². The molecular formula is C39H52N4O9Si. The number of esters is 2. The normalized spacial score (nSPS) is 18.7. The molecule has 0 fully saturated rings. The zero-order chi connectivity index (χ0) is 39.4. The van der Waals surface area contributed by atoms with Crippen molar-refractivity contribution in [3.63, 3.8) is 0 Å². The predicted octanol–water partition coefficient (Wildman–Crippen LogP) is 7.34. The molecule has 14 heteroatoms. The van der Waals surface area contributed by atoms with Crippen LogP contribution in [0.15, 0.2) is 35.1 Å². The Kier molecular flexibility index (Phi) is 10.4. The molecule has 3 aromatic rings. The summed E-state index contributed by atoms with van der Waals surface area (Å²) in [7, 11) is -2.58. The van der Waals surface area contributed by atoms with Crippen LogP contribution in [0.1, 0.15) is 98.1 Å². The summed E-state index contributed by atoms with van der Waals surface area (Å²) in [5, 5.41) is 5.89. The Bertz CT molecular complexity index is 2040. The summed E-state index contributed by atoms with van der Waals surface area (Å²) in [5.74, 6) is -1.41. The average Bonchev–Trinajstić information content (AvgIpc) is 3.39. The third-order valence-electron chi connectivity index (χ3n) is 10.1. The second kappa shape index (κ2) is 13.9. The summed E-state index contributed by atoms with van der Waals surface area (Å²) in [5.41, 5.74) is -0.913. The van der Waals surface area contributed by atoms with Crippen LogP contribution in [0.5, 0.6) is 0 Å². The van der Waals surface area contributed by atoms with Gasteiger partial charge in [0.25, 0.3) is 5.56 Å². The van der Waals surface area contributed by atoms with Crippen molar-refractivity contribution in [3.05, 3.63) is 57.4 Å². The molecule has 0 saturated heterocycles. The van der Waals surface area contributed by atoms with Crippen LogP contribution in [0.3, 0.4) is 0 Å². The highest BCUT2D eigenvalue weighted by molar-refractivity contribution is 6.80. The highest BCUT2D eigenvalue weighted by Crippen LogP contribution is 2.49. The van der Waals surface area contributed by atoms with Crippen molar-refractivity contribution in [1.29, 1.82) is 0 Å². The summed E-state index contributed by atoms with van der Waals surface area (Å²) in [4.78, 5) is 72.2.